The highest BCUT2D eigenvalue weighted by molar-refractivity contribution is 7.91. The number of halogens is 3. The van der Waals surface area contributed by atoms with Crippen molar-refractivity contribution in [3.63, 3.8) is 0 Å². The van der Waals surface area contributed by atoms with E-state index < -0.39 is 20.5 Å². The lowest BCUT2D eigenvalue weighted by atomic mass is 9.99. The molecule has 0 fully saturated rings. The molecule has 0 aliphatic rings. The molecule has 0 saturated heterocycles. The van der Waals surface area contributed by atoms with E-state index in [-0.39, 0.29) is 17.0 Å². The van der Waals surface area contributed by atoms with E-state index in [1.807, 2.05) is 13.8 Å². The van der Waals surface area contributed by atoms with Gasteiger partial charge in [-0.05, 0) is 18.1 Å². The first-order valence-electron chi connectivity index (χ1n) is 6.83. The Labute approximate surface area is 129 Å². The van der Waals surface area contributed by atoms with Crippen molar-refractivity contribution in [2.45, 2.75) is 42.7 Å². The maximum Gasteiger partial charge on any atom is 0.341 e. The zero-order valence-electron chi connectivity index (χ0n) is 12.0. The van der Waals surface area contributed by atoms with E-state index in [0.29, 0.717) is 6.54 Å². The van der Waals surface area contributed by atoms with Crippen LogP contribution in [0.15, 0.2) is 29.2 Å². The summed E-state index contributed by atoms with van der Waals surface area (Å²) in [5.41, 5.74) is 0.161. The summed E-state index contributed by atoms with van der Waals surface area (Å²) in [7, 11) is -4.63. The van der Waals surface area contributed by atoms with Crippen molar-refractivity contribution in [2.75, 3.05) is 11.9 Å². The van der Waals surface area contributed by atoms with Gasteiger partial charge in [-0.15, -0.1) is 11.6 Å². The first-order valence-corrected chi connectivity index (χ1v) is 8.81. The number of sulfone groups is 1. The van der Waals surface area contributed by atoms with Crippen LogP contribution in [-0.4, -0.2) is 26.1 Å². The highest BCUT2D eigenvalue weighted by Crippen LogP contribution is 2.27. The third-order valence-electron chi connectivity index (χ3n) is 3.48. The number of para-hydroxylation sites is 1. The molecule has 1 unspecified atom stereocenters. The zero-order chi connectivity index (χ0) is 16.0. The van der Waals surface area contributed by atoms with Crippen LogP contribution in [0, 0.1) is 5.92 Å². The fraction of sp³-hybridized carbons (Fsp3) is 0.571. The highest BCUT2D eigenvalue weighted by Gasteiger charge is 2.29. The summed E-state index contributed by atoms with van der Waals surface area (Å²) in [6.07, 6.45) is 1.81. The lowest BCUT2D eigenvalue weighted by Crippen LogP contribution is -2.24. The molecular formula is C14H20ClF2NO2S. The Bertz CT molecular complexity index is 548. The van der Waals surface area contributed by atoms with Gasteiger partial charge in [-0.25, -0.2) is 8.42 Å². The Morgan fingerprint density at radius 3 is 2.29 bits per heavy atom. The smallest absolute Gasteiger partial charge is 0.341 e. The molecule has 0 amide bonds. The molecule has 7 heteroatoms. The van der Waals surface area contributed by atoms with Crippen LogP contribution in [0.25, 0.3) is 0 Å². The second-order valence-electron chi connectivity index (χ2n) is 4.78. The van der Waals surface area contributed by atoms with E-state index in [4.69, 9.17) is 11.6 Å². The van der Waals surface area contributed by atoms with Gasteiger partial charge in [-0.1, -0.05) is 38.8 Å². The van der Waals surface area contributed by atoms with Gasteiger partial charge in [0.1, 0.15) is 0 Å². The van der Waals surface area contributed by atoms with Crippen LogP contribution >= 0.6 is 11.6 Å². The monoisotopic (exact) mass is 339 g/mol. The lowest BCUT2D eigenvalue weighted by Gasteiger charge is -2.21. The molecule has 0 radical (unpaired) electrons. The second-order valence-corrected chi connectivity index (χ2v) is 7.22. The minimum Gasteiger partial charge on any atom is -0.382 e. The van der Waals surface area contributed by atoms with E-state index >= 15 is 0 Å². The minimum absolute atomic E-state index is 0.161. The summed E-state index contributed by atoms with van der Waals surface area (Å²) in [4.78, 5) is -0.395. The normalized spacial score (nSPS) is 13.7. The molecule has 0 aromatic heterocycles. The van der Waals surface area contributed by atoms with Gasteiger partial charge in [0, 0.05) is 6.54 Å². The summed E-state index contributed by atoms with van der Waals surface area (Å²) >= 11 is 6.27. The van der Waals surface area contributed by atoms with Crippen LogP contribution in [0.5, 0.6) is 0 Å². The number of hydrogen-bond acceptors (Lipinski definition) is 3. The molecular weight excluding hydrogens is 320 g/mol. The number of alkyl halides is 3. The number of anilines is 1. The van der Waals surface area contributed by atoms with Crippen molar-refractivity contribution in [3.05, 3.63) is 24.3 Å². The Hall–Kier alpha value is -0.880. The van der Waals surface area contributed by atoms with E-state index in [0.717, 1.165) is 12.8 Å². The van der Waals surface area contributed by atoms with Crippen LogP contribution < -0.4 is 5.32 Å². The Morgan fingerprint density at radius 1 is 1.19 bits per heavy atom. The molecule has 0 saturated carbocycles. The Kier molecular flexibility index (Phi) is 6.87. The van der Waals surface area contributed by atoms with Crippen molar-refractivity contribution in [1.82, 2.24) is 0 Å². The molecule has 1 rings (SSSR count). The van der Waals surface area contributed by atoms with Gasteiger partial charge in [0.2, 0.25) is 9.84 Å². The van der Waals surface area contributed by atoms with Crippen molar-refractivity contribution in [3.8, 4) is 0 Å². The molecule has 0 aliphatic heterocycles. The van der Waals surface area contributed by atoms with E-state index in [1.54, 1.807) is 6.07 Å². The Morgan fingerprint density at radius 2 is 1.76 bits per heavy atom. The van der Waals surface area contributed by atoms with Gasteiger partial charge in [0.25, 0.3) is 0 Å². The summed E-state index contributed by atoms with van der Waals surface area (Å²) < 4.78 is 48.6. The molecule has 1 aromatic rings. The summed E-state index contributed by atoms with van der Waals surface area (Å²) in [5.74, 6) is -3.15. The quantitative estimate of drug-likeness (QED) is 0.724. The molecule has 0 heterocycles. The molecule has 1 aromatic carbocycles. The SMILES string of the molecule is CCC(CC)C(Cl)CNc1ccccc1S(=O)(=O)C(F)F. The molecule has 21 heavy (non-hydrogen) atoms. The zero-order valence-corrected chi connectivity index (χ0v) is 13.6. The van der Waals surface area contributed by atoms with Crippen molar-refractivity contribution in [2.24, 2.45) is 5.92 Å². The topological polar surface area (TPSA) is 46.2 Å². The van der Waals surface area contributed by atoms with Gasteiger partial charge >= 0.3 is 5.76 Å². The van der Waals surface area contributed by atoms with Gasteiger partial charge < -0.3 is 5.32 Å². The largest absolute Gasteiger partial charge is 0.382 e. The lowest BCUT2D eigenvalue weighted by molar-refractivity contribution is 0.235. The Balaban J connectivity index is 2.91. The first kappa shape index (κ1) is 18.2. The highest BCUT2D eigenvalue weighted by atomic mass is 35.5. The summed E-state index contributed by atoms with van der Waals surface area (Å²) in [5, 5.41) is 2.69. The molecule has 0 bridgehead atoms. The maximum absolute atomic E-state index is 12.7. The van der Waals surface area contributed by atoms with Crippen LogP contribution in [0.4, 0.5) is 14.5 Å². The van der Waals surface area contributed by atoms with Crippen molar-refractivity contribution in [1.29, 1.82) is 0 Å². The molecule has 120 valence electrons. The van der Waals surface area contributed by atoms with Crippen LogP contribution in [0.3, 0.4) is 0 Å². The van der Waals surface area contributed by atoms with Crippen LogP contribution in [0.2, 0.25) is 0 Å². The third kappa shape index (κ3) is 4.54. The number of nitrogens with one attached hydrogen (secondary N) is 1. The fourth-order valence-corrected chi connectivity index (χ4v) is 3.47. The standard InChI is InChI=1S/C14H20ClF2NO2S/c1-3-10(4-2)11(15)9-18-12-7-5-6-8-13(12)21(19,20)14(16)17/h5-8,10-11,14,18H,3-4,9H2,1-2H3. The van der Waals surface area contributed by atoms with Crippen LogP contribution in [0.1, 0.15) is 26.7 Å². The summed E-state index contributed by atoms with van der Waals surface area (Å²) in [6.45, 7) is 4.38. The van der Waals surface area contributed by atoms with Gasteiger partial charge in [0.05, 0.1) is 16.0 Å². The average molecular weight is 340 g/mol. The van der Waals surface area contributed by atoms with Crippen molar-refractivity contribution < 1.29 is 17.2 Å². The maximum atomic E-state index is 12.7. The molecule has 0 aliphatic carbocycles. The predicted octanol–water partition coefficient (Wildman–Crippen LogP) is 4.14. The fourth-order valence-electron chi connectivity index (χ4n) is 2.13. The minimum atomic E-state index is -4.63. The van der Waals surface area contributed by atoms with Gasteiger partial charge in [0.15, 0.2) is 0 Å². The number of rotatable bonds is 8. The average Bonchev–Trinajstić information content (AvgIpc) is 2.46. The van der Waals surface area contributed by atoms with Crippen molar-refractivity contribution >= 4 is 27.1 Å². The van der Waals surface area contributed by atoms with Gasteiger partial charge in [-0.3, -0.25) is 0 Å². The van der Waals surface area contributed by atoms with Crippen LogP contribution in [-0.2, 0) is 9.84 Å². The molecule has 1 atom stereocenters. The predicted molar refractivity (Wildman–Crippen MR) is 81.8 cm³/mol. The van der Waals surface area contributed by atoms with E-state index in [1.165, 1.54) is 18.2 Å². The third-order valence-corrected chi connectivity index (χ3v) is 5.42. The molecule has 3 nitrogen and oxygen atoms in total. The molecule has 1 N–H and O–H groups in total. The van der Waals surface area contributed by atoms with E-state index in [2.05, 4.69) is 5.32 Å². The molecule has 0 spiro atoms. The second kappa shape index (κ2) is 7.94. The first-order chi connectivity index (χ1) is 9.84. The van der Waals surface area contributed by atoms with E-state index in [9.17, 15) is 17.2 Å². The summed E-state index contributed by atoms with van der Waals surface area (Å²) in [6, 6.07) is 5.64. The number of hydrogen-bond donors (Lipinski definition) is 1. The number of benzene rings is 1. The van der Waals surface area contributed by atoms with Gasteiger partial charge in [-0.2, -0.15) is 8.78 Å².